The van der Waals surface area contributed by atoms with Crippen LogP contribution in [0.4, 0.5) is 0 Å². The van der Waals surface area contributed by atoms with Gasteiger partial charge in [-0.05, 0) is 11.0 Å². The summed E-state index contributed by atoms with van der Waals surface area (Å²) in [6.45, 7) is 0. The Kier molecular flexibility index (Phi) is 381. The van der Waals surface area contributed by atoms with E-state index in [0.29, 0.717) is 0 Å². The first-order valence-corrected chi connectivity index (χ1v) is 0. The van der Waals surface area contributed by atoms with Crippen molar-refractivity contribution >= 4 is 19.4 Å². The average Bonchev–Trinajstić information content (AvgIpc) is 0. The Hall–Kier alpha value is 1.33. The average molecular weight is 151 g/mol. The molecule has 25 valence electrons. The predicted octanol–water partition coefficient (Wildman–Crippen LogP) is -1.84. The first-order chi connectivity index (χ1) is 0. The molecule has 0 spiro atoms. The maximum atomic E-state index is 0. The van der Waals surface area contributed by atoms with E-state index in [1.807, 2.05) is 0 Å². The quantitative estimate of drug-likeness (QED) is 0.357. The molecule has 4 heavy (non-hydrogen) atoms. The van der Waals surface area contributed by atoms with E-state index in [1.54, 1.807) is 0 Å². The molecule has 0 aliphatic heterocycles. The molecule has 0 nitrogen and oxygen atoms in total. The second-order valence-corrected chi connectivity index (χ2v) is 0. The standard InChI is InChI=1S/B.Cr.Fe.H4Si/h;;;1H4. The number of hydrogen-bond acceptors (Lipinski definition) is 0. The Morgan fingerprint density at radius 3 is 1.00 bits per heavy atom. The van der Waals surface area contributed by atoms with Gasteiger partial charge in [0, 0.05) is 42.8 Å². The smallest absolute Gasteiger partial charge is 0 e. The zero-order chi connectivity index (χ0) is 0. The van der Waals surface area contributed by atoms with E-state index in [9.17, 15) is 0 Å². The first-order valence-electron chi connectivity index (χ1n) is 0. The van der Waals surface area contributed by atoms with E-state index in [2.05, 4.69) is 0 Å². The molecule has 0 saturated heterocycles. The van der Waals surface area contributed by atoms with Gasteiger partial charge in [0.15, 0.2) is 0 Å². The van der Waals surface area contributed by atoms with Crippen molar-refractivity contribution in [1.29, 1.82) is 0 Å². The second-order valence-electron chi connectivity index (χ2n) is 0. The van der Waals surface area contributed by atoms with Gasteiger partial charge in [-0.25, -0.2) is 0 Å². The molecule has 0 unspecified atom stereocenters. The topological polar surface area (TPSA) is 0 Å². The molecule has 0 bridgehead atoms. The van der Waals surface area contributed by atoms with Crippen LogP contribution in [0.5, 0.6) is 0 Å². The largest absolute Gasteiger partial charge is 0.0149 e. The molecule has 0 aromatic rings. The zero-order valence-electron chi connectivity index (χ0n) is 1.34. The number of rotatable bonds is 0. The molecule has 0 aromatic carbocycles. The summed E-state index contributed by atoms with van der Waals surface area (Å²) in [4.78, 5) is 0. The van der Waals surface area contributed by atoms with Crippen molar-refractivity contribution in [1.82, 2.24) is 0 Å². The van der Waals surface area contributed by atoms with Crippen LogP contribution in [0.3, 0.4) is 0 Å². The van der Waals surface area contributed by atoms with E-state index >= 15 is 0 Å². The number of hydrogen-bond donors (Lipinski definition) is 0. The molecule has 0 aliphatic carbocycles. The fraction of sp³-hybridized carbons (Fsp3) is 0. The summed E-state index contributed by atoms with van der Waals surface area (Å²) >= 11 is 0. The Morgan fingerprint density at radius 2 is 1.00 bits per heavy atom. The summed E-state index contributed by atoms with van der Waals surface area (Å²) in [6.07, 6.45) is 0. The van der Waals surface area contributed by atoms with Gasteiger partial charge in [-0.3, -0.25) is 0 Å². The van der Waals surface area contributed by atoms with Crippen LogP contribution in [-0.4, -0.2) is 19.4 Å². The van der Waals surface area contributed by atoms with E-state index in [-0.39, 0.29) is 53.8 Å². The summed E-state index contributed by atoms with van der Waals surface area (Å²) in [6, 6.07) is 0. The van der Waals surface area contributed by atoms with Gasteiger partial charge in [0.25, 0.3) is 0 Å². The SMILES string of the molecule is [B].[Cr].[Fe].[SiH4]. The molecule has 0 rings (SSSR count). The minimum atomic E-state index is 0. The Morgan fingerprint density at radius 1 is 1.00 bits per heavy atom. The predicted molar refractivity (Wildman–Crippen MR) is 17.1 cm³/mol. The summed E-state index contributed by atoms with van der Waals surface area (Å²) in [5, 5.41) is 0. The van der Waals surface area contributed by atoms with Crippen LogP contribution in [0.2, 0.25) is 0 Å². The third-order valence-corrected chi connectivity index (χ3v) is 0. The molecule has 0 amide bonds. The van der Waals surface area contributed by atoms with Crippen LogP contribution in [0.1, 0.15) is 0 Å². The van der Waals surface area contributed by atoms with Crippen molar-refractivity contribution < 1.29 is 34.4 Å². The van der Waals surface area contributed by atoms with Gasteiger partial charge in [0.2, 0.25) is 0 Å². The van der Waals surface area contributed by atoms with Crippen molar-refractivity contribution in [3.8, 4) is 0 Å². The summed E-state index contributed by atoms with van der Waals surface area (Å²) < 4.78 is 0. The van der Waals surface area contributed by atoms with Crippen LogP contribution in [-0.2, 0) is 34.4 Å². The Bertz CT molecular complexity index is 8.00. The van der Waals surface area contributed by atoms with Crippen LogP contribution < -0.4 is 0 Å². The Balaban J connectivity index is 0. The zero-order valence-corrected chi connectivity index (χ0v) is 3.72. The van der Waals surface area contributed by atoms with Crippen LogP contribution in [0.25, 0.3) is 0 Å². The van der Waals surface area contributed by atoms with Gasteiger partial charge in [0.1, 0.15) is 0 Å². The second kappa shape index (κ2) is 27.1. The minimum absolute atomic E-state index is 0. The van der Waals surface area contributed by atoms with Crippen molar-refractivity contribution in [3.05, 3.63) is 0 Å². The van der Waals surface area contributed by atoms with Crippen LogP contribution in [0, 0.1) is 0 Å². The summed E-state index contributed by atoms with van der Waals surface area (Å²) in [5.41, 5.74) is 0. The summed E-state index contributed by atoms with van der Waals surface area (Å²) in [5.74, 6) is 0. The molecule has 3 radical (unpaired) electrons. The molecule has 0 aromatic heterocycles. The van der Waals surface area contributed by atoms with Gasteiger partial charge in [0.05, 0.1) is 0 Å². The molecule has 0 N–H and O–H groups in total. The normalized spacial score (nSPS) is 0. The van der Waals surface area contributed by atoms with Gasteiger partial charge in [-0.2, -0.15) is 0 Å². The molecule has 0 saturated carbocycles. The fourth-order valence-corrected chi connectivity index (χ4v) is 0. The first kappa shape index (κ1) is 56.3. The molecule has 0 aliphatic rings. The third kappa shape index (κ3) is 10.2. The van der Waals surface area contributed by atoms with Gasteiger partial charge in [-0.15, -0.1) is 0 Å². The Labute approximate surface area is 53.9 Å². The maximum Gasteiger partial charge on any atom is 0 e. The van der Waals surface area contributed by atoms with Crippen molar-refractivity contribution in [3.63, 3.8) is 0 Å². The van der Waals surface area contributed by atoms with Crippen molar-refractivity contribution in [2.45, 2.75) is 0 Å². The monoisotopic (exact) mass is 151 g/mol. The van der Waals surface area contributed by atoms with Gasteiger partial charge >= 0.3 is 0 Å². The van der Waals surface area contributed by atoms with Crippen LogP contribution >= 0.6 is 0 Å². The summed E-state index contributed by atoms with van der Waals surface area (Å²) in [7, 11) is 0. The van der Waals surface area contributed by atoms with Crippen molar-refractivity contribution in [2.24, 2.45) is 0 Å². The molecular formula is H4BCrFeSi. The fourth-order valence-electron chi connectivity index (χ4n) is 0. The third-order valence-electron chi connectivity index (χ3n) is 0. The molecule has 0 atom stereocenters. The van der Waals surface area contributed by atoms with Crippen LogP contribution in [0.15, 0.2) is 0 Å². The molecular weight excluding hydrogens is 147 g/mol. The minimum Gasteiger partial charge on any atom is -0.0149 e. The maximum absolute atomic E-state index is 0. The van der Waals surface area contributed by atoms with Crippen molar-refractivity contribution in [2.75, 3.05) is 0 Å². The van der Waals surface area contributed by atoms with E-state index < -0.39 is 0 Å². The van der Waals surface area contributed by atoms with Gasteiger partial charge < -0.3 is 0 Å². The van der Waals surface area contributed by atoms with E-state index in [0.717, 1.165) is 0 Å². The molecule has 0 fully saturated rings. The van der Waals surface area contributed by atoms with E-state index in [1.165, 1.54) is 0 Å². The van der Waals surface area contributed by atoms with E-state index in [4.69, 9.17) is 0 Å². The van der Waals surface area contributed by atoms with Gasteiger partial charge in [-0.1, -0.05) is 0 Å². The molecule has 0 heterocycles. The molecule has 4 heteroatoms.